The van der Waals surface area contributed by atoms with Crippen LogP contribution >= 0.6 is 12.2 Å². The Morgan fingerprint density at radius 1 is 1.41 bits per heavy atom. The van der Waals surface area contributed by atoms with Crippen LogP contribution in [0.3, 0.4) is 0 Å². The zero-order valence-electron chi connectivity index (χ0n) is 9.99. The first-order chi connectivity index (χ1) is 7.47. The van der Waals surface area contributed by atoms with Crippen LogP contribution < -0.4 is 10.7 Å². The van der Waals surface area contributed by atoms with E-state index in [9.17, 15) is 0 Å². The first-order valence-electron chi connectivity index (χ1n) is 5.00. The van der Waals surface area contributed by atoms with Crippen LogP contribution in [0.15, 0.2) is 29.5 Å². The average molecular weight is 300 g/mol. The zero-order valence-corrected chi connectivity index (χ0v) is 11.7. The third-order valence-electron chi connectivity index (χ3n) is 1.54. The summed E-state index contributed by atoms with van der Waals surface area (Å²) in [5, 5.41) is 7.58. The first kappa shape index (κ1) is 16.0. The molecule has 0 unspecified atom stereocenters. The SMILES string of the molecule is CC(C)(C)NC(=S)NN=Cc1ccccn1.[Cu+2]. The van der Waals surface area contributed by atoms with E-state index in [4.69, 9.17) is 12.2 Å². The van der Waals surface area contributed by atoms with Crippen LogP contribution in [0.2, 0.25) is 0 Å². The fourth-order valence-corrected chi connectivity index (χ4v) is 1.34. The molecule has 0 aliphatic carbocycles. The van der Waals surface area contributed by atoms with Gasteiger partial charge in [-0.3, -0.25) is 10.4 Å². The van der Waals surface area contributed by atoms with Crippen LogP contribution in [0.25, 0.3) is 0 Å². The molecule has 0 aromatic carbocycles. The van der Waals surface area contributed by atoms with E-state index in [2.05, 4.69) is 20.8 Å². The molecule has 6 heteroatoms. The molecule has 4 nitrogen and oxygen atoms in total. The number of pyridine rings is 1. The minimum Gasteiger partial charge on any atom is -0.357 e. The quantitative estimate of drug-likeness (QED) is 0.377. The summed E-state index contributed by atoms with van der Waals surface area (Å²) >= 11 is 5.06. The normalized spacial score (nSPS) is 10.8. The Kier molecular flexibility index (Phi) is 6.95. The van der Waals surface area contributed by atoms with Crippen LogP contribution in [0, 0.1) is 0 Å². The van der Waals surface area contributed by atoms with E-state index >= 15 is 0 Å². The van der Waals surface area contributed by atoms with Crippen molar-refractivity contribution < 1.29 is 17.1 Å². The van der Waals surface area contributed by atoms with Gasteiger partial charge in [0.1, 0.15) is 0 Å². The van der Waals surface area contributed by atoms with Gasteiger partial charge < -0.3 is 5.32 Å². The molecule has 0 saturated heterocycles. The van der Waals surface area contributed by atoms with Crippen molar-refractivity contribution in [2.24, 2.45) is 5.10 Å². The van der Waals surface area contributed by atoms with E-state index in [1.165, 1.54) is 0 Å². The summed E-state index contributed by atoms with van der Waals surface area (Å²) in [5.41, 5.74) is 3.46. The number of nitrogens with zero attached hydrogens (tertiary/aromatic N) is 2. The van der Waals surface area contributed by atoms with E-state index in [-0.39, 0.29) is 22.6 Å². The summed E-state index contributed by atoms with van der Waals surface area (Å²) in [5.74, 6) is 0. The summed E-state index contributed by atoms with van der Waals surface area (Å²) in [6, 6.07) is 5.63. The van der Waals surface area contributed by atoms with Crippen LogP contribution in [-0.2, 0) is 17.1 Å². The molecule has 0 spiro atoms. The van der Waals surface area contributed by atoms with Crippen molar-refractivity contribution in [3.05, 3.63) is 30.1 Å². The van der Waals surface area contributed by atoms with Crippen molar-refractivity contribution in [3.8, 4) is 0 Å². The molecule has 1 aromatic rings. The standard InChI is InChI=1S/C11H16N4S.Cu/c1-11(2,3)14-10(16)15-13-8-9-6-4-5-7-12-9;/h4-8H,1-3H3,(H2,14,15,16);/q;+2. The summed E-state index contributed by atoms with van der Waals surface area (Å²) in [4.78, 5) is 4.10. The number of hydrazone groups is 1. The maximum absolute atomic E-state index is 5.06. The number of hydrogen-bond donors (Lipinski definition) is 2. The van der Waals surface area contributed by atoms with Crippen molar-refractivity contribution in [1.29, 1.82) is 0 Å². The molecule has 0 bridgehead atoms. The second-order valence-electron chi connectivity index (χ2n) is 4.33. The van der Waals surface area contributed by atoms with Gasteiger partial charge in [0.2, 0.25) is 0 Å². The van der Waals surface area contributed by atoms with Gasteiger partial charge in [-0.05, 0) is 45.1 Å². The molecule has 1 aromatic heterocycles. The topological polar surface area (TPSA) is 49.3 Å². The molecule has 0 atom stereocenters. The maximum atomic E-state index is 5.06. The molecular weight excluding hydrogens is 284 g/mol. The van der Waals surface area contributed by atoms with E-state index in [0.29, 0.717) is 5.11 Å². The van der Waals surface area contributed by atoms with Crippen molar-refractivity contribution in [2.45, 2.75) is 26.3 Å². The summed E-state index contributed by atoms with van der Waals surface area (Å²) in [6.45, 7) is 6.09. The fraction of sp³-hybridized carbons (Fsp3) is 0.364. The van der Waals surface area contributed by atoms with Gasteiger partial charge in [-0.25, -0.2) is 0 Å². The van der Waals surface area contributed by atoms with Gasteiger partial charge in [-0.1, -0.05) is 6.07 Å². The van der Waals surface area contributed by atoms with E-state index in [1.54, 1.807) is 12.4 Å². The molecule has 0 saturated carbocycles. The first-order valence-corrected chi connectivity index (χ1v) is 5.40. The Balaban J connectivity index is 0.00000256. The molecule has 0 aliphatic heterocycles. The van der Waals surface area contributed by atoms with E-state index < -0.39 is 0 Å². The molecule has 1 radical (unpaired) electrons. The second kappa shape index (κ2) is 7.37. The monoisotopic (exact) mass is 299 g/mol. The average Bonchev–Trinajstić information content (AvgIpc) is 2.16. The third-order valence-corrected chi connectivity index (χ3v) is 1.73. The van der Waals surface area contributed by atoms with Crippen molar-refractivity contribution >= 4 is 23.5 Å². The summed E-state index contributed by atoms with van der Waals surface area (Å²) < 4.78 is 0. The molecule has 1 rings (SSSR count). The van der Waals surface area contributed by atoms with Gasteiger partial charge in [0.15, 0.2) is 5.11 Å². The molecule has 1 heterocycles. The Bertz CT molecular complexity index is 373. The molecule has 0 amide bonds. The predicted octanol–water partition coefficient (Wildman–Crippen LogP) is 1.68. The van der Waals surface area contributed by atoms with Gasteiger partial charge in [0.25, 0.3) is 0 Å². The second-order valence-corrected chi connectivity index (χ2v) is 4.74. The van der Waals surface area contributed by atoms with Crippen molar-refractivity contribution in [3.63, 3.8) is 0 Å². The Labute approximate surface area is 118 Å². The smallest absolute Gasteiger partial charge is 0.357 e. The van der Waals surface area contributed by atoms with Crippen molar-refractivity contribution in [1.82, 2.24) is 15.7 Å². The maximum Gasteiger partial charge on any atom is 2.00 e. The number of thiocarbonyl (C=S) groups is 1. The zero-order chi connectivity index (χ0) is 12.0. The Hall–Kier alpha value is -0.971. The Morgan fingerprint density at radius 3 is 2.65 bits per heavy atom. The molecular formula is C11H16CuN4S+2. The van der Waals surface area contributed by atoms with Gasteiger partial charge in [-0.2, -0.15) is 5.10 Å². The number of aromatic nitrogens is 1. The van der Waals surface area contributed by atoms with Crippen molar-refractivity contribution in [2.75, 3.05) is 0 Å². The van der Waals surface area contributed by atoms with Crippen LogP contribution in [-0.4, -0.2) is 21.8 Å². The summed E-state index contributed by atoms with van der Waals surface area (Å²) in [7, 11) is 0. The molecule has 0 fully saturated rings. The molecule has 0 aliphatic rings. The van der Waals surface area contributed by atoms with Crippen LogP contribution in [0.4, 0.5) is 0 Å². The van der Waals surface area contributed by atoms with Gasteiger partial charge in [0, 0.05) is 11.7 Å². The van der Waals surface area contributed by atoms with Crippen LogP contribution in [0.1, 0.15) is 26.5 Å². The number of hydrogen-bond acceptors (Lipinski definition) is 3. The molecule has 95 valence electrons. The van der Waals surface area contributed by atoms with Gasteiger partial charge in [-0.15, -0.1) is 0 Å². The third kappa shape index (κ3) is 7.85. The minimum absolute atomic E-state index is 0. The molecule has 17 heavy (non-hydrogen) atoms. The number of nitrogens with one attached hydrogen (secondary N) is 2. The number of rotatable bonds is 2. The predicted molar refractivity (Wildman–Crippen MR) is 70.5 cm³/mol. The van der Waals surface area contributed by atoms with Crippen LogP contribution in [0.5, 0.6) is 0 Å². The van der Waals surface area contributed by atoms with Gasteiger partial charge in [0.05, 0.1) is 11.9 Å². The fourth-order valence-electron chi connectivity index (χ4n) is 0.978. The van der Waals surface area contributed by atoms with E-state index in [0.717, 1.165) is 5.69 Å². The van der Waals surface area contributed by atoms with Gasteiger partial charge >= 0.3 is 17.1 Å². The Morgan fingerprint density at radius 2 is 2.12 bits per heavy atom. The summed E-state index contributed by atoms with van der Waals surface area (Å²) in [6.07, 6.45) is 3.34. The largest absolute Gasteiger partial charge is 2.00 e. The minimum atomic E-state index is -0.0649. The molecule has 2 N–H and O–H groups in total. The van der Waals surface area contributed by atoms with E-state index in [1.807, 2.05) is 39.0 Å².